The van der Waals surface area contributed by atoms with Crippen LogP contribution >= 0.6 is 11.3 Å². The van der Waals surface area contributed by atoms with E-state index in [9.17, 15) is 0 Å². The van der Waals surface area contributed by atoms with Gasteiger partial charge in [-0.2, -0.15) is 0 Å². The normalized spacial score (nSPS) is 10.8. The lowest BCUT2D eigenvalue weighted by atomic mass is 10.1. The molecular weight excluding hydrogens is 286 g/mol. The summed E-state index contributed by atoms with van der Waals surface area (Å²) in [5.41, 5.74) is 3.61. The highest BCUT2D eigenvalue weighted by atomic mass is 32.1. The Bertz CT molecular complexity index is 701. The Morgan fingerprint density at radius 3 is 2.09 bits per heavy atom. The van der Waals surface area contributed by atoms with E-state index < -0.39 is 0 Å². The lowest BCUT2D eigenvalue weighted by Gasteiger charge is -2.01. The number of aromatic nitrogens is 1. The minimum absolute atomic E-state index is 1.13. The fraction of sp³-hybridized carbons (Fsp3) is 0.250. The maximum Gasteiger partial charge on any atom is 0.124 e. The molecule has 0 atom stereocenters. The molecule has 3 aromatic rings. The first kappa shape index (κ1) is 15.0. The van der Waals surface area contributed by atoms with Crippen LogP contribution in [0.15, 0.2) is 60.7 Å². The van der Waals surface area contributed by atoms with E-state index >= 15 is 0 Å². The molecule has 0 aliphatic heterocycles. The van der Waals surface area contributed by atoms with E-state index in [4.69, 9.17) is 4.98 Å². The van der Waals surface area contributed by atoms with E-state index in [0.717, 1.165) is 11.4 Å². The summed E-state index contributed by atoms with van der Waals surface area (Å²) >= 11 is 1.85. The first-order chi connectivity index (χ1) is 10.9. The number of aryl methyl sites for hydroxylation is 1. The molecule has 1 aromatic heterocycles. The fourth-order valence-electron chi connectivity index (χ4n) is 2.58. The van der Waals surface area contributed by atoms with Gasteiger partial charge in [0, 0.05) is 16.0 Å². The second-order valence-electron chi connectivity index (χ2n) is 5.48. The van der Waals surface area contributed by atoms with Gasteiger partial charge in [0.1, 0.15) is 5.01 Å². The maximum absolute atomic E-state index is 4.95. The van der Waals surface area contributed by atoms with E-state index in [1.807, 2.05) is 11.3 Å². The molecular formula is C20H21NS. The predicted octanol–water partition coefficient (Wildman–Crippen LogP) is 6.21. The van der Waals surface area contributed by atoms with Gasteiger partial charge in [0.15, 0.2) is 0 Å². The molecule has 0 fully saturated rings. The molecule has 0 saturated heterocycles. The van der Waals surface area contributed by atoms with Crippen LogP contribution in [0.2, 0.25) is 0 Å². The van der Waals surface area contributed by atoms with E-state index in [1.165, 1.54) is 41.0 Å². The summed E-state index contributed by atoms with van der Waals surface area (Å²) in [5.74, 6) is 0. The van der Waals surface area contributed by atoms with Crippen LogP contribution in [0.4, 0.5) is 0 Å². The van der Waals surface area contributed by atoms with Crippen molar-refractivity contribution in [3.8, 4) is 21.8 Å². The van der Waals surface area contributed by atoms with E-state index in [2.05, 4.69) is 67.6 Å². The second kappa shape index (κ2) is 7.37. The molecule has 0 bridgehead atoms. The SMILES string of the molecule is CCCCCc1sc(-c2ccccc2)nc1-c1ccccc1. The van der Waals surface area contributed by atoms with Crippen LogP contribution in [0, 0.1) is 0 Å². The zero-order valence-corrected chi connectivity index (χ0v) is 13.8. The number of rotatable bonds is 6. The topological polar surface area (TPSA) is 12.9 Å². The molecule has 1 nitrogen and oxygen atoms in total. The highest BCUT2D eigenvalue weighted by Crippen LogP contribution is 2.34. The molecule has 22 heavy (non-hydrogen) atoms. The molecule has 0 N–H and O–H groups in total. The summed E-state index contributed by atoms with van der Waals surface area (Å²) in [7, 11) is 0. The van der Waals surface area contributed by atoms with Crippen LogP contribution < -0.4 is 0 Å². The minimum atomic E-state index is 1.13. The van der Waals surface area contributed by atoms with Crippen LogP contribution in [0.25, 0.3) is 21.8 Å². The predicted molar refractivity (Wildman–Crippen MR) is 96.2 cm³/mol. The van der Waals surface area contributed by atoms with Crippen molar-refractivity contribution in [2.45, 2.75) is 32.6 Å². The van der Waals surface area contributed by atoms with Gasteiger partial charge in [-0.3, -0.25) is 0 Å². The van der Waals surface area contributed by atoms with Crippen molar-refractivity contribution in [3.63, 3.8) is 0 Å². The Balaban J connectivity index is 1.97. The highest BCUT2D eigenvalue weighted by molar-refractivity contribution is 7.15. The van der Waals surface area contributed by atoms with Gasteiger partial charge < -0.3 is 0 Å². The van der Waals surface area contributed by atoms with Crippen LogP contribution in [0.3, 0.4) is 0 Å². The van der Waals surface area contributed by atoms with Crippen molar-refractivity contribution in [1.82, 2.24) is 4.98 Å². The summed E-state index contributed by atoms with van der Waals surface area (Å²) in [5, 5.41) is 1.13. The van der Waals surface area contributed by atoms with Gasteiger partial charge in [0.2, 0.25) is 0 Å². The standard InChI is InChI=1S/C20H21NS/c1-2-3-6-15-18-19(16-11-7-4-8-12-16)21-20(22-18)17-13-9-5-10-14-17/h4-5,7-14H,2-3,6,15H2,1H3. The van der Waals surface area contributed by atoms with Gasteiger partial charge in [-0.05, 0) is 12.8 Å². The molecule has 0 aliphatic rings. The summed E-state index contributed by atoms with van der Waals surface area (Å²) in [4.78, 5) is 6.36. The van der Waals surface area contributed by atoms with Crippen molar-refractivity contribution < 1.29 is 0 Å². The first-order valence-corrected chi connectivity index (χ1v) is 8.80. The molecule has 112 valence electrons. The summed E-state index contributed by atoms with van der Waals surface area (Å²) in [6.45, 7) is 2.25. The smallest absolute Gasteiger partial charge is 0.124 e. The molecule has 0 radical (unpaired) electrons. The summed E-state index contributed by atoms with van der Waals surface area (Å²) < 4.78 is 0. The van der Waals surface area contributed by atoms with Gasteiger partial charge in [-0.1, -0.05) is 80.4 Å². The van der Waals surface area contributed by atoms with E-state index in [-0.39, 0.29) is 0 Å². The van der Waals surface area contributed by atoms with E-state index in [1.54, 1.807) is 0 Å². The third-order valence-corrected chi connectivity index (χ3v) is 4.94. The largest absolute Gasteiger partial charge is 0.236 e. The lowest BCUT2D eigenvalue weighted by molar-refractivity contribution is 0.722. The Labute approximate surface area is 136 Å². The number of nitrogens with zero attached hydrogens (tertiary/aromatic N) is 1. The monoisotopic (exact) mass is 307 g/mol. The molecule has 0 aliphatic carbocycles. The van der Waals surface area contributed by atoms with Crippen LogP contribution in [0.1, 0.15) is 31.1 Å². The fourth-order valence-corrected chi connectivity index (χ4v) is 3.71. The van der Waals surface area contributed by atoms with Gasteiger partial charge in [0.25, 0.3) is 0 Å². The Morgan fingerprint density at radius 2 is 1.45 bits per heavy atom. The lowest BCUT2D eigenvalue weighted by Crippen LogP contribution is -1.86. The maximum atomic E-state index is 4.95. The molecule has 2 aromatic carbocycles. The molecule has 2 heteroatoms. The Kier molecular flexibility index (Phi) is 5.02. The van der Waals surface area contributed by atoms with Crippen molar-refractivity contribution in [1.29, 1.82) is 0 Å². The van der Waals surface area contributed by atoms with Crippen molar-refractivity contribution in [2.75, 3.05) is 0 Å². The number of hydrogen-bond donors (Lipinski definition) is 0. The molecule has 0 spiro atoms. The third kappa shape index (κ3) is 3.45. The minimum Gasteiger partial charge on any atom is -0.236 e. The summed E-state index contributed by atoms with van der Waals surface area (Å²) in [6.07, 6.45) is 4.91. The van der Waals surface area contributed by atoms with Gasteiger partial charge >= 0.3 is 0 Å². The molecule has 0 unspecified atom stereocenters. The average molecular weight is 307 g/mol. The highest BCUT2D eigenvalue weighted by Gasteiger charge is 2.13. The third-order valence-electron chi connectivity index (χ3n) is 3.77. The van der Waals surface area contributed by atoms with E-state index in [0.29, 0.717) is 0 Å². The zero-order chi connectivity index (χ0) is 15.2. The van der Waals surface area contributed by atoms with Crippen molar-refractivity contribution in [2.24, 2.45) is 0 Å². The van der Waals surface area contributed by atoms with Gasteiger partial charge in [-0.25, -0.2) is 4.98 Å². The Hall–Kier alpha value is -1.93. The van der Waals surface area contributed by atoms with Crippen LogP contribution in [-0.2, 0) is 6.42 Å². The quantitative estimate of drug-likeness (QED) is 0.493. The van der Waals surface area contributed by atoms with Gasteiger partial charge in [0.05, 0.1) is 5.69 Å². The number of benzene rings is 2. The number of thiazole rings is 1. The van der Waals surface area contributed by atoms with Crippen LogP contribution in [-0.4, -0.2) is 4.98 Å². The Morgan fingerprint density at radius 1 is 0.818 bits per heavy atom. The molecule has 0 amide bonds. The summed E-state index contributed by atoms with van der Waals surface area (Å²) in [6, 6.07) is 21.1. The molecule has 3 rings (SSSR count). The van der Waals surface area contributed by atoms with Crippen molar-refractivity contribution in [3.05, 3.63) is 65.5 Å². The number of hydrogen-bond acceptors (Lipinski definition) is 2. The number of unbranched alkanes of at least 4 members (excludes halogenated alkanes) is 2. The van der Waals surface area contributed by atoms with Crippen molar-refractivity contribution >= 4 is 11.3 Å². The first-order valence-electron chi connectivity index (χ1n) is 7.99. The molecule has 0 saturated carbocycles. The van der Waals surface area contributed by atoms with Gasteiger partial charge in [-0.15, -0.1) is 11.3 Å². The zero-order valence-electron chi connectivity index (χ0n) is 13.0. The second-order valence-corrected chi connectivity index (χ2v) is 6.56. The molecule has 1 heterocycles. The average Bonchev–Trinajstić information content (AvgIpc) is 3.01. The van der Waals surface area contributed by atoms with Crippen LogP contribution in [0.5, 0.6) is 0 Å².